The largest absolute Gasteiger partial charge is 0.365 e. The van der Waals surface area contributed by atoms with E-state index in [0.29, 0.717) is 18.8 Å². The van der Waals surface area contributed by atoms with Crippen LogP contribution in [-0.2, 0) is 9.53 Å². The third-order valence-electron chi connectivity index (χ3n) is 4.70. The highest BCUT2D eigenvalue weighted by Gasteiger charge is 2.28. The van der Waals surface area contributed by atoms with Gasteiger partial charge in [0, 0.05) is 18.3 Å². The maximum Gasteiger partial charge on any atom is 0.315 e. The number of carbonyl (C=O) groups excluding carboxylic acids is 2. The van der Waals surface area contributed by atoms with Gasteiger partial charge in [0.15, 0.2) is 0 Å². The van der Waals surface area contributed by atoms with Crippen molar-refractivity contribution < 1.29 is 18.7 Å². The summed E-state index contributed by atoms with van der Waals surface area (Å²) in [5.74, 6) is -0.517. The number of hydrogen-bond donors (Lipinski definition) is 2. The third kappa shape index (κ3) is 4.92. The van der Waals surface area contributed by atoms with E-state index < -0.39 is 0 Å². The summed E-state index contributed by atoms with van der Waals surface area (Å²) >= 11 is 0. The summed E-state index contributed by atoms with van der Waals surface area (Å²) in [6.45, 7) is 0.603. The van der Waals surface area contributed by atoms with Crippen molar-refractivity contribution in [3.63, 3.8) is 0 Å². The number of halogens is 1. The maximum absolute atomic E-state index is 13.0. The van der Waals surface area contributed by atoms with Crippen LogP contribution in [-0.4, -0.2) is 43.8 Å². The van der Waals surface area contributed by atoms with Crippen molar-refractivity contribution >= 4 is 17.6 Å². The number of anilines is 1. The fraction of sp³-hybridized carbons (Fsp3) is 0.556. The lowest BCUT2D eigenvalue weighted by Crippen LogP contribution is -2.52. The van der Waals surface area contributed by atoms with E-state index >= 15 is 0 Å². The molecule has 1 saturated heterocycles. The molecule has 25 heavy (non-hydrogen) atoms. The molecule has 1 aromatic carbocycles. The van der Waals surface area contributed by atoms with Crippen LogP contribution in [0.4, 0.5) is 14.9 Å². The van der Waals surface area contributed by atoms with Crippen LogP contribution in [0, 0.1) is 5.82 Å². The molecule has 1 saturated carbocycles. The van der Waals surface area contributed by atoms with Crippen molar-refractivity contribution in [2.45, 2.75) is 44.2 Å². The second kappa shape index (κ2) is 8.29. The molecule has 1 atom stereocenters. The third-order valence-corrected chi connectivity index (χ3v) is 4.70. The molecule has 1 heterocycles. The van der Waals surface area contributed by atoms with Gasteiger partial charge < -0.3 is 20.3 Å². The summed E-state index contributed by atoms with van der Waals surface area (Å²) in [4.78, 5) is 25.6. The fourth-order valence-corrected chi connectivity index (χ4v) is 3.31. The highest BCUT2D eigenvalue weighted by molar-refractivity contribution is 5.95. The number of carbonyl (C=O) groups is 2. The SMILES string of the molecule is O=C(NCC1CN(c2ccc(F)cc2)C(=O)CO1)NC1CCCCC1. The van der Waals surface area contributed by atoms with Crippen LogP contribution in [0.3, 0.4) is 0 Å². The average molecular weight is 349 g/mol. The standard InChI is InChI=1S/C18H24FN3O3/c19-13-6-8-15(9-7-13)22-11-16(25-12-17(22)23)10-20-18(24)21-14-4-2-1-3-5-14/h6-9,14,16H,1-5,10-12H2,(H2,20,21,24). The van der Waals surface area contributed by atoms with Gasteiger partial charge in [-0.1, -0.05) is 19.3 Å². The van der Waals surface area contributed by atoms with E-state index in [-0.39, 0.29) is 36.5 Å². The first-order valence-corrected chi connectivity index (χ1v) is 8.84. The molecule has 0 spiro atoms. The topological polar surface area (TPSA) is 70.7 Å². The lowest BCUT2D eigenvalue weighted by atomic mass is 9.96. The number of benzene rings is 1. The first-order chi connectivity index (χ1) is 12.1. The van der Waals surface area contributed by atoms with Crippen LogP contribution in [0.5, 0.6) is 0 Å². The molecule has 2 aliphatic rings. The van der Waals surface area contributed by atoms with Gasteiger partial charge in [0.05, 0.1) is 12.6 Å². The van der Waals surface area contributed by atoms with E-state index in [9.17, 15) is 14.0 Å². The first kappa shape index (κ1) is 17.7. The zero-order valence-electron chi connectivity index (χ0n) is 14.2. The molecule has 2 N–H and O–H groups in total. The van der Waals surface area contributed by atoms with Gasteiger partial charge in [-0.3, -0.25) is 4.79 Å². The van der Waals surface area contributed by atoms with Crippen molar-refractivity contribution in [3.8, 4) is 0 Å². The number of nitrogens with one attached hydrogen (secondary N) is 2. The summed E-state index contributed by atoms with van der Waals surface area (Å²) < 4.78 is 18.5. The maximum atomic E-state index is 13.0. The molecule has 0 radical (unpaired) electrons. The van der Waals surface area contributed by atoms with Crippen LogP contribution in [0.1, 0.15) is 32.1 Å². The molecular formula is C18H24FN3O3. The minimum atomic E-state index is -0.345. The smallest absolute Gasteiger partial charge is 0.315 e. The summed E-state index contributed by atoms with van der Waals surface area (Å²) in [7, 11) is 0. The molecule has 1 unspecified atom stereocenters. The Balaban J connectivity index is 1.48. The molecule has 3 amide bonds. The molecule has 136 valence electrons. The van der Waals surface area contributed by atoms with E-state index in [4.69, 9.17) is 4.74 Å². The molecule has 2 fully saturated rings. The summed E-state index contributed by atoms with van der Waals surface area (Å²) in [5, 5.41) is 5.81. The molecule has 0 bridgehead atoms. The van der Waals surface area contributed by atoms with E-state index in [1.165, 1.54) is 18.6 Å². The molecular weight excluding hydrogens is 325 g/mol. The fourth-order valence-electron chi connectivity index (χ4n) is 3.31. The number of morpholine rings is 1. The van der Waals surface area contributed by atoms with E-state index in [2.05, 4.69) is 10.6 Å². The second-order valence-corrected chi connectivity index (χ2v) is 6.60. The van der Waals surface area contributed by atoms with E-state index in [0.717, 1.165) is 25.7 Å². The monoisotopic (exact) mass is 349 g/mol. The Morgan fingerprint density at radius 1 is 1.20 bits per heavy atom. The molecule has 0 aromatic heterocycles. The van der Waals surface area contributed by atoms with Gasteiger partial charge in [0.1, 0.15) is 12.4 Å². The van der Waals surface area contributed by atoms with Crippen LogP contribution < -0.4 is 15.5 Å². The minimum absolute atomic E-state index is 0.0477. The Bertz CT molecular complexity index is 602. The minimum Gasteiger partial charge on any atom is -0.365 e. The lowest BCUT2D eigenvalue weighted by molar-refractivity contribution is -0.129. The van der Waals surface area contributed by atoms with Crippen molar-refractivity contribution in [3.05, 3.63) is 30.1 Å². The van der Waals surface area contributed by atoms with Crippen LogP contribution in [0.15, 0.2) is 24.3 Å². The Morgan fingerprint density at radius 3 is 2.64 bits per heavy atom. The van der Waals surface area contributed by atoms with Crippen molar-refractivity contribution in [2.24, 2.45) is 0 Å². The van der Waals surface area contributed by atoms with Gasteiger partial charge in [0.25, 0.3) is 5.91 Å². The Morgan fingerprint density at radius 2 is 1.92 bits per heavy atom. The summed E-state index contributed by atoms with van der Waals surface area (Å²) in [5.41, 5.74) is 0.631. The lowest BCUT2D eigenvalue weighted by Gasteiger charge is -2.33. The highest BCUT2D eigenvalue weighted by atomic mass is 19.1. The number of hydrogen-bond acceptors (Lipinski definition) is 3. The van der Waals surface area contributed by atoms with Gasteiger partial charge in [-0.15, -0.1) is 0 Å². The predicted molar refractivity (Wildman–Crippen MR) is 91.9 cm³/mol. The van der Waals surface area contributed by atoms with Gasteiger partial charge in [-0.05, 0) is 37.1 Å². The number of amides is 3. The van der Waals surface area contributed by atoms with Gasteiger partial charge >= 0.3 is 6.03 Å². The van der Waals surface area contributed by atoms with Crippen LogP contribution >= 0.6 is 0 Å². The van der Waals surface area contributed by atoms with Gasteiger partial charge in [-0.25, -0.2) is 9.18 Å². The zero-order valence-corrected chi connectivity index (χ0v) is 14.2. The number of nitrogens with zero attached hydrogens (tertiary/aromatic N) is 1. The number of ether oxygens (including phenoxy) is 1. The Hall–Kier alpha value is -2.15. The second-order valence-electron chi connectivity index (χ2n) is 6.60. The summed E-state index contributed by atoms with van der Waals surface area (Å²) in [6, 6.07) is 5.84. The molecule has 6 nitrogen and oxygen atoms in total. The van der Waals surface area contributed by atoms with E-state index in [1.54, 1.807) is 17.0 Å². The van der Waals surface area contributed by atoms with Gasteiger partial charge in [0.2, 0.25) is 0 Å². The Labute approximate surface area is 146 Å². The first-order valence-electron chi connectivity index (χ1n) is 8.84. The molecule has 1 aliphatic carbocycles. The molecule has 7 heteroatoms. The molecule has 1 aromatic rings. The van der Waals surface area contributed by atoms with Crippen LogP contribution in [0.2, 0.25) is 0 Å². The number of urea groups is 1. The molecule has 1 aliphatic heterocycles. The van der Waals surface area contributed by atoms with Crippen molar-refractivity contribution in [1.29, 1.82) is 0 Å². The predicted octanol–water partition coefficient (Wildman–Crippen LogP) is 2.19. The quantitative estimate of drug-likeness (QED) is 0.875. The van der Waals surface area contributed by atoms with Crippen molar-refractivity contribution in [2.75, 3.05) is 24.6 Å². The van der Waals surface area contributed by atoms with Crippen LogP contribution in [0.25, 0.3) is 0 Å². The van der Waals surface area contributed by atoms with E-state index in [1.807, 2.05) is 0 Å². The number of rotatable bonds is 4. The zero-order chi connectivity index (χ0) is 17.6. The average Bonchev–Trinajstić information content (AvgIpc) is 2.63. The summed E-state index contributed by atoms with van der Waals surface area (Å²) in [6.07, 6.45) is 5.32. The molecule has 3 rings (SSSR count). The normalized spacial score (nSPS) is 21.9. The highest BCUT2D eigenvalue weighted by Crippen LogP contribution is 2.19. The van der Waals surface area contributed by atoms with Gasteiger partial charge in [-0.2, -0.15) is 0 Å². The van der Waals surface area contributed by atoms with Crippen molar-refractivity contribution in [1.82, 2.24) is 10.6 Å². The Kier molecular flexibility index (Phi) is 5.86.